The van der Waals surface area contributed by atoms with Gasteiger partial charge in [0.1, 0.15) is 0 Å². The number of carbonyl (C=O) groups excluding carboxylic acids is 1. The maximum Gasteiger partial charge on any atom is 0.269 e. The summed E-state index contributed by atoms with van der Waals surface area (Å²) in [4.78, 5) is 22.7. The van der Waals surface area contributed by atoms with Crippen molar-refractivity contribution in [3.05, 3.63) is 57.4 Å². The molecule has 0 radical (unpaired) electrons. The lowest BCUT2D eigenvalue weighted by atomic mass is 9.81. The van der Waals surface area contributed by atoms with Crippen LogP contribution in [0.4, 0.5) is 5.69 Å². The number of nitro groups is 1. The van der Waals surface area contributed by atoms with E-state index >= 15 is 0 Å². The molecule has 0 aliphatic heterocycles. The standard InChI is InChI=1S/C18H24N2O5SSi/c1-18(2)16(21)12-11-15(27(4,5)6)17(18)19(3)26(24,25)14-9-7-13(8-10-14)20(22)23/h7-12H,1-6H3. The van der Waals surface area contributed by atoms with E-state index in [4.69, 9.17) is 0 Å². The van der Waals surface area contributed by atoms with Gasteiger partial charge in [-0.1, -0.05) is 25.7 Å². The maximum absolute atomic E-state index is 13.2. The number of benzene rings is 1. The van der Waals surface area contributed by atoms with Gasteiger partial charge in [0.25, 0.3) is 15.7 Å². The number of rotatable bonds is 5. The second-order valence-corrected chi connectivity index (χ2v) is 15.1. The lowest BCUT2D eigenvalue weighted by Gasteiger charge is -2.39. The third-order valence-corrected chi connectivity index (χ3v) is 8.48. The van der Waals surface area contributed by atoms with E-state index in [1.54, 1.807) is 19.9 Å². The van der Waals surface area contributed by atoms with Gasteiger partial charge in [-0.25, -0.2) is 8.42 Å². The molecule has 0 fully saturated rings. The predicted octanol–water partition coefficient (Wildman–Crippen LogP) is 3.51. The summed E-state index contributed by atoms with van der Waals surface area (Å²) in [7, 11) is -4.51. The van der Waals surface area contributed by atoms with Gasteiger partial charge in [0, 0.05) is 24.9 Å². The van der Waals surface area contributed by atoms with Crippen molar-refractivity contribution in [1.29, 1.82) is 0 Å². The number of hydrogen-bond acceptors (Lipinski definition) is 5. The number of sulfonamides is 1. The van der Waals surface area contributed by atoms with Crippen LogP contribution >= 0.6 is 0 Å². The van der Waals surface area contributed by atoms with Gasteiger partial charge in [0.15, 0.2) is 5.78 Å². The van der Waals surface area contributed by atoms with Crippen LogP contribution in [0.25, 0.3) is 0 Å². The van der Waals surface area contributed by atoms with Gasteiger partial charge in [-0.05, 0) is 37.3 Å². The van der Waals surface area contributed by atoms with Crippen LogP contribution < -0.4 is 0 Å². The van der Waals surface area contributed by atoms with E-state index in [1.165, 1.54) is 25.3 Å². The van der Waals surface area contributed by atoms with Gasteiger partial charge >= 0.3 is 0 Å². The Kier molecular flexibility index (Phi) is 5.24. The average molecular weight is 409 g/mol. The van der Waals surface area contributed by atoms with E-state index in [-0.39, 0.29) is 16.4 Å². The molecule has 7 nitrogen and oxygen atoms in total. The zero-order valence-corrected chi connectivity index (χ0v) is 18.1. The van der Waals surface area contributed by atoms with Crippen LogP contribution in [-0.2, 0) is 14.8 Å². The van der Waals surface area contributed by atoms with Crippen molar-refractivity contribution in [1.82, 2.24) is 4.31 Å². The van der Waals surface area contributed by atoms with E-state index < -0.39 is 28.4 Å². The van der Waals surface area contributed by atoms with E-state index in [0.29, 0.717) is 5.70 Å². The Bertz CT molecular complexity index is 954. The highest BCUT2D eigenvalue weighted by Gasteiger charge is 2.43. The highest BCUT2D eigenvalue weighted by atomic mass is 32.2. The quantitative estimate of drug-likeness (QED) is 0.422. The first-order valence-corrected chi connectivity index (χ1v) is 13.4. The molecule has 0 aromatic heterocycles. The number of allylic oxidation sites excluding steroid dienone is 4. The van der Waals surface area contributed by atoms with Crippen molar-refractivity contribution in [3.8, 4) is 0 Å². The minimum Gasteiger partial charge on any atom is -0.294 e. The molecule has 0 saturated heterocycles. The van der Waals surface area contributed by atoms with Gasteiger partial charge < -0.3 is 0 Å². The van der Waals surface area contributed by atoms with Crippen LogP contribution in [0, 0.1) is 15.5 Å². The molecule has 9 heteroatoms. The van der Waals surface area contributed by atoms with Gasteiger partial charge in [-0.3, -0.25) is 19.2 Å². The largest absolute Gasteiger partial charge is 0.294 e. The van der Waals surface area contributed by atoms with Crippen LogP contribution in [0.15, 0.2) is 52.2 Å². The Hall–Kier alpha value is -2.26. The SMILES string of the molecule is CN(C1=C([Si](C)(C)C)C=CC(=O)C1(C)C)S(=O)(=O)c1ccc([N+](=O)[O-])cc1. The van der Waals surface area contributed by atoms with Crippen LogP contribution in [-0.4, -0.2) is 38.6 Å². The molecule has 0 saturated carbocycles. The van der Waals surface area contributed by atoms with Gasteiger partial charge in [-0.15, -0.1) is 0 Å². The molecule has 1 aliphatic rings. The normalized spacial score (nSPS) is 17.2. The van der Waals surface area contributed by atoms with Crippen LogP contribution in [0.5, 0.6) is 0 Å². The number of non-ortho nitro benzene ring substituents is 1. The summed E-state index contributed by atoms with van der Waals surface area (Å²) in [5.41, 5.74) is -0.713. The molecule has 0 heterocycles. The molecule has 0 N–H and O–H groups in total. The van der Waals surface area contributed by atoms with Crippen molar-refractivity contribution in [2.45, 2.75) is 38.4 Å². The summed E-state index contributed by atoms with van der Waals surface area (Å²) in [6.45, 7) is 9.70. The molecule has 0 atom stereocenters. The molecule has 1 aromatic carbocycles. The third-order valence-electron chi connectivity index (χ3n) is 4.69. The minimum absolute atomic E-state index is 0.0594. The zero-order chi connectivity index (χ0) is 20.8. The van der Waals surface area contributed by atoms with Crippen molar-refractivity contribution in [2.24, 2.45) is 5.41 Å². The fourth-order valence-corrected chi connectivity index (χ4v) is 6.30. The van der Waals surface area contributed by atoms with Crippen molar-refractivity contribution in [3.63, 3.8) is 0 Å². The Morgan fingerprint density at radius 1 is 1.07 bits per heavy atom. The average Bonchev–Trinajstić information content (AvgIpc) is 2.55. The summed E-state index contributed by atoms with van der Waals surface area (Å²) >= 11 is 0. The maximum atomic E-state index is 13.2. The highest BCUT2D eigenvalue weighted by molar-refractivity contribution is 7.89. The second kappa shape index (κ2) is 6.72. The zero-order valence-electron chi connectivity index (χ0n) is 16.3. The van der Waals surface area contributed by atoms with Crippen LogP contribution in [0.3, 0.4) is 0 Å². The summed E-state index contributed by atoms with van der Waals surface area (Å²) in [6.07, 6.45) is 3.25. The minimum atomic E-state index is -3.98. The molecule has 146 valence electrons. The fourth-order valence-electron chi connectivity index (χ4n) is 3.09. The number of nitrogens with zero attached hydrogens (tertiary/aromatic N) is 2. The Balaban J connectivity index is 2.65. The summed E-state index contributed by atoms with van der Waals surface area (Å²) in [5, 5.41) is 11.7. The molecule has 0 spiro atoms. The molecule has 0 bridgehead atoms. The van der Waals surface area contributed by atoms with Crippen LogP contribution in [0.2, 0.25) is 19.6 Å². The van der Waals surface area contributed by atoms with Gasteiger partial charge in [-0.2, -0.15) is 0 Å². The first-order chi connectivity index (χ1) is 12.2. The number of nitro benzene ring substituents is 1. The van der Waals surface area contributed by atoms with E-state index in [1.807, 2.05) is 0 Å². The summed E-state index contributed by atoms with van der Waals surface area (Å²) in [6, 6.07) is 4.75. The Morgan fingerprint density at radius 2 is 1.59 bits per heavy atom. The first-order valence-electron chi connectivity index (χ1n) is 8.42. The van der Waals surface area contributed by atoms with E-state index in [0.717, 1.165) is 21.6 Å². The molecule has 2 rings (SSSR count). The molecule has 0 unspecified atom stereocenters. The monoisotopic (exact) mass is 408 g/mol. The molecular weight excluding hydrogens is 384 g/mol. The Labute approximate surface area is 160 Å². The van der Waals surface area contributed by atoms with Gasteiger partial charge in [0.2, 0.25) is 0 Å². The van der Waals surface area contributed by atoms with E-state index in [2.05, 4.69) is 19.6 Å². The van der Waals surface area contributed by atoms with Gasteiger partial charge in [0.05, 0.1) is 23.3 Å². The molecule has 27 heavy (non-hydrogen) atoms. The lowest BCUT2D eigenvalue weighted by molar-refractivity contribution is -0.384. The lowest BCUT2D eigenvalue weighted by Crippen LogP contribution is -2.43. The predicted molar refractivity (Wildman–Crippen MR) is 106 cm³/mol. The number of hydrogen-bond donors (Lipinski definition) is 0. The topological polar surface area (TPSA) is 97.6 Å². The van der Waals surface area contributed by atoms with Crippen LogP contribution in [0.1, 0.15) is 13.8 Å². The number of carbonyl (C=O) groups is 1. The van der Waals surface area contributed by atoms with Crippen molar-refractivity contribution >= 4 is 29.6 Å². The first kappa shape index (κ1) is 21.0. The summed E-state index contributed by atoms with van der Waals surface area (Å²) < 4.78 is 27.5. The molecular formula is C18H24N2O5SSi. The Morgan fingerprint density at radius 3 is 2.04 bits per heavy atom. The number of ketones is 1. The molecule has 1 aliphatic carbocycles. The second-order valence-electron chi connectivity index (χ2n) is 8.06. The van der Waals surface area contributed by atoms with Crippen molar-refractivity contribution in [2.75, 3.05) is 7.05 Å². The van der Waals surface area contributed by atoms with Crippen molar-refractivity contribution < 1.29 is 18.1 Å². The third kappa shape index (κ3) is 3.74. The van der Waals surface area contributed by atoms with E-state index in [9.17, 15) is 23.3 Å². The fraction of sp³-hybridized carbons (Fsp3) is 0.389. The molecule has 1 aromatic rings. The molecule has 0 amide bonds. The highest BCUT2D eigenvalue weighted by Crippen LogP contribution is 2.41. The summed E-state index contributed by atoms with van der Waals surface area (Å²) in [5.74, 6) is -0.162. The smallest absolute Gasteiger partial charge is 0.269 e.